The Morgan fingerprint density at radius 1 is 1.50 bits per heavy atom. The molecule has 18 heavy (non-hydrogen) atoms. The zero-order chi connectivity index (χ0) is 13.1. The van der Waals surface area contributed by atoms with Gasteiger partial charge in [0.1, 0.15) is 16.9 Å². The lowest BCUT2D eigenvalue weighted by Gasteiger charge is -2.03. The number of nitrogens with zero attached hydrogens (tertiary/aromatic N) is 2. The van der Waals surface area contributed by atoms with E-state index in [1.165, 1.54) is 18.3 Å². The van der Waals surface area contributed by atoms with Gasteiger partial charge in [-0.05, 0) is 26.0 Å². The van der Waals surface area contributed by atoms with Crippen molar-refractivity contribution in [1.29, 1.82) is 0 Å². The maximum absolute atomic E-state index is 11.3. The van der Waals surface area contributed by atoms with E-state index in [1.54, 1.807) is 11.6 Å². The molecule has 0 aromatic carbocycles. The molecular formula is C12H13N3O2S. The van der Waals surface area contributed by atoms with Crippen molar-refractivity contribution in [3.63, 3.8) is 0 Å². The molecule has 0 aliphatic carbocycles. The lowest BCUT2D eigenvalue weighted by molar-refractivity contribution is -0.123. The van der Waals surface area contributed by atoms with E-state index in [0.29, 0.717) is 5.82 Å². The quantitative estimate of drug-likeness (QED) is 0.886. The number of aryl methyl sites for hydroxylation is 1. The van der Waals surface area contributed by atoms with Crippen molar-refractivity contribution >= 4 is 23.1 Å². The van der Waals surface area contributed by atoms with Gasteiger partial charge in [-0.2, -0.15) is 0 Å². The maximum Gasteiger partial charge on any atom is 0.254 e. The third kappa shape index (κ3) is 2.91. The standard InChI is InChI=1S/C12H13N3O2S/c1-7-3-4-9(5-13-7)12-15-10(6-18-12)14-11(17)8(2)16/h3-6,8,16H,1-2H3,(H,14,17)/t8-/m0/s1. The second-order valence-corrected chi connectivity index (χ2v) is 4.75. The van der Waals surface area contributed by atoms with Crippen molar-refractivity contribution in [3.05, 3.63) is 29.4 Å². The third-order valence-electron chi connectivity index (χ3n) is 2.29. The van der Waals surface area contributed by atoms with Crippen molar-refractivity contribution in [1.82, 2.24) is 9.97 Å². The zero-order valence-electron chi connectivity index (χ0n) is 10.0. The minimum absolute atomic E-state index is 0.446. The second-order valence-electron chi connectivity index (χ2n) is 3.89. The molecule has 0 fully saturated rings. The number of aliphatic hydroxyl groups is 1. The summed E-state index contributed by atoms with van der Waals surface area (Å²) in [5.41, 5.74) is 1.85. The lowest BCUT2D eigenvalue weighted by Crippen LogP contribution is -2.24. The molecule has 0 saturated heterocycles. The summed E-state index contributed by atoms with van der Waals surface area (Å²) in [5.74, 6) is -0.0182. The van der Waals surface area contributed by atoms with Gasteiger partial charge in [-0.25, -0.2) is 4.98 Å². The highest BCUT2D eigenvalue weighted by Gasteiger charge is 2.11. The van der Waals surface area contributed by atoms with Gasteiger partial charge in [-0.3, -0.25) is 9.78 Å². The highest BCUT2D eigenvalue weighted by atomic mass is 32.1. The SMILES string of the molecule is Cc1ccc(-c2nc(NC(=O)[C@H](C)O)cs2)cn1. The summed E-state index contributed by atoms with van der Waals surface area (Å²) in [5, 5.41) is 14.1. The molecule has 94 valence electrons. The molecule has 0 spiro atoms. The fraction of sp³-hybridized carbons (Fsp3) is 0.250. The third-order valence-corrected chi connectivity index (χ3v) is 3.18. The molecule has 0 aliphatic heterocycles. The second kappa shape index (κ2) is 5.24. The molecule has 2 aromatic heterocycles. The monoisotopic (exact) mass is 263 g/mol. The molecule has 1 amide bonds. The topological polar surface area (TPSA) is 75.1 Å². The number of pyridine rings is 1. The van der Waals surface area contributed by atoms with Gasteiger partial charge in [0.2, 0.25) is 0 Å². The Labute approximate surface area is 109 Å². The van der Waals surface area contributed by atoms with Crippen LogP contribution in [0.1, 0.15) is 12.6 Å². The lowest BCUT2D eigenvalue weighted by atomic mass is 10.3. The van der Waals surface area contributed by atoms with Gasteiger partial charge in [-0.1, -0.05) is 0 Å². The average molecular weight is 263 g/mol. The van der Waals surface area contributed by atoms with Crippen LogP contribution >= 0.6 is 11.3 Å². The summed E-state index contributed by atoms with van der Waals surface area (Å²) in [6, 6.07) is 3.84. The minimum atomic E-state index is -1.05. The molecule has 0 radical (unpaired) electrons. The van der Waals surface area contributed by atoms with E-state index in [1.807, 2.05) is 19.1 Å². The normalized spacial score (nSPS) is 12.2. The molecule has 5 nitrogen and oxygen atoms in total. The number of nitrogens with one attached hydrogen (secondary N) is 1. The maximum atomic E-state index is 11.3. The summed E-state index contributed by atoms with van der Waals surface area (Å²) >= 11 is 1.41. The number of carbonyl (C=O) groups is 1. The summed E-state index contributed by atoms with van der Waals surface area (Å²) in [4.78, 5) is 19.8. The first-order chi connectivity index (χ1) is 8.56. The van der Waals surface area contributed by atoms with E-state index in [9.17, 15) is 4.79 Å². The van der Waals surface area contributed by atoms with Crippen molar-refractivity contribution in [2.45, 2.75) is 20.0 Å². The number of amides is 1. The Morgan fingerprint density at radius 2 is 2.28 bits per heavy atom. The Kier molecular flexibility index (Phi) is 3.69. The van der Waals surface area contributed by atoms with Gasteiger partial charge < -0.3 is 10.4 Å². The molecule has 2 N–H and O–H groups in total. The summed E-state index contributed by atoms with van der Waals surface area (Å²) in [6.07, 6.45) is 0.699. The minimum Gasteiger partial charge on any atom is -0.384 e. The van der Waals surface area contributed by atoms with Crippen molar-refractivity contribution < 1.29 is 9.90 Å². The summed E-state index contributed by atoms with van der Waals surface area (Å²) in [6.45, 7) is 3.33. The number of thiazole rings is 1. The molecule has 0 unspecified atom stereocenters. The molecule has 0 aliphatic rings. The molecule has 2 rings (SSSR count). The average Bonchev–Trinajstić information content (AvgIpc) is 2.78. The smallest absolute Gasteiger partial charge is 0.254 e. The van der Waals surface area contributed by atoms with Crippen LogP contribution in [0.15, 0.2) is 23.7 Å². The molecule has 0 saturated carbocycles. The van der Waals surface area contributed by atoms with Crippen LogP contribution in [0.25, 0.3) is 10.6 Å². The van der Waals surface area contributed by atoms with Crippen LogP contribution in [-0.4, -0.2) is 27.1 Å². The van der Waals surface area contributed by atoms with E-state index in [0.717, 1.165) is 16.3 Å². The zero-order valence-corrected chi connectivity index (χ0v) is 10.9. The number of aliphatic hydroxyl groups excluding tert-OH is 1. The first kappa shape index (κ1) is 12.7. The highest BCUT2D eigenvalue weighted by Crippen LogP contribution is 2.25. The molecule has 1 atom stereocenters. The Balaban J connectivity index is 2.15. The number of carbonyl (C=O) groups excluding carboxylic acids is 1. The number of hydrogen-bond acceptors (Lipinski definition) is 5. The van der Waals surface area contributed by atoms with Gasteiger partial charge in [0.25, 0.3) is 5.91 Å². The number of hydrogen-bond donors (Lipinski definition) is 2. The molecular weight excluding hydrogens is 250 g/mol. The van der Waals surface area contributed by atoms with E-state index < -0.39 is 12.0 Å². The first-order valence-corrected chi connectivity index (χ1v) is 6.31. The Hall–Kier alpha value is -1.79. The fourth-order valence-electron chi connectivity index (χ4n) is 1.29. The van der Waals surface area contributed by atoms with Gasteiger partial charge >= 0.3 is 0 Å². The van der Waals surface area contributed by atoms with E-state index in [4.69, 9.17) is 5.11 Å². The molecule has 0 bridgehead atoms. The number of rotatable bonds is 3. The Morgan fingerprint density at radius 3 is 2.89 bits per heavy atom. The summed E-state index contributed by atoms with van der Waals surface area (Å²) < 4.78 is 0. The van der Waals surface area contributed by atoms with Crippen LogP contribution in [0.5, 0.6) is 0 Å². The van der Waals surface area contributed by atoms with Crippen LogP contribution < -0.4 is 5.32 Å². The highest BCUT2D eigenvalue weighted by molar-refractivity contribution is 7.13. The first-order valence-electron chi connectivity index (χ1n) is 5.44. The molecule has 2 heterocycles. The number of aromatic nitrogens is 2. The predicted molar refractivity (Wildman–Crippen MR) is 70.4 cm³/mol. The Bertz CT molecular complexity index is 549. The van der Waals surface area contributed by atoms with Gasteiger partial charge in [0, 0.05) is 22.8 Å². The fourth-order valence-corrected chi connectivity index (χ4v) is 2.03. The van der Waals surface area contributed by atoms with E-state index in [2.05, 4.69) is 15.3 Å². The van der Waals surface area contributed by atoms with Crippen LogP contribution in [0.4, 0.5) is 5.82 Å². The van der Waals surface area contributed by atoms with Crippen LogP contribution in [0.3, 0.4) is 0 Å². The molecule has 6 heteroatoms. The van der Waals surface area contributed by atoms with E-state index >= 15 is 0 Å². The van der Waals surface area contributed by atoms with Crippen LogP contribution in [0, 0.1) is 6.92 Å². The van der Waals surface area contributed by atoms with Gasteiger partial charge in [0.05, 0.1) is 0 Å². The number of anilines is 1. The van der Waals surface area contributed by atoms with Gasteiger partial charge in [-0.15, -0.1) is 11.3 Å². The van der Waals surface area contributed by atoms with Gasteiger partial charge in [0.15, 0.2) is 0 Å². The summed E-state index contributed by atoms with van der Waals surface area (Å²) in [7, 11) is 0. The van der Waals surface area contributed by atoms with E-state index in [-0.39, 0.29) is 0 Å². The van der Waals surface area contributed by atoms with Crippen molar-refractivity contribution in [2.75, 3.05) is 5.32 Å². The molecule has 2 aromatic rings. The predicted octanol–water partition coefficient (Wildman–Crippen LogP) is 1.83. The largest absolute Gasteiger partial charge is 0.384 e. The van der Waals surface area contributed by atoms with Crippen LogP contribution in [-0.2, 0) is 4.79 Å². The van der Waals surface area contributed by atoms with Crippen molar-refractivity contribution in [3.8, 4) is 10.6 Å². The van der Waals surface area contributed by atoms with Crippen molar-refractivity contribution in [2.24, 2.45) is 0 Å². The van der Waals surface area contributed by atoms with Crippen LogP contribution in [0.2, 0.25) is 0 Å².